The molecule has 0 unspecified atom stereocenters. The van der Waals surface area contributed by atoms with Gasteiger partial charge in [0, 0.05) is 5.57 Å². The van der Waals surface area contributed by atoms with Crippen LogP contribution in [0.2, 0.25) is 0 Å². The van der Waals surface area contributed by atoms with Crippen molar-refractivity contribution in [2.75, 3.05) is 13.4 Å². The maximum absolute atomic E-state index is 12.9. The number of nitriles is 1. The number of aliphatic hydroxyl groups excluding tert-OH is 5. The Morgan fingerprint density at radius 1 is 0.978 bits per heavy atom. The van der Waals surface area contributed by atoms with E-state index in [0.717, 1.165) is 0 Å². The van der Waals surface area contributed by atoms with Crippen LogP contribution in [0.4, 0.5) is 0 Å². The molecule has 1 aliphatic carbocycles. The summed E-state index contributed by atoms with van der Waals surface area (Å²) < 4.78 is 27.6. The van der Waals surface area contributed by atoms with Crippen LogP contribution >= 0.6 is 0 Å². The number of ether oxygens (including phenoxy) is 5. The Balaban J connectivity index is 1.17. The second kappa shape index (κ2) is 14.2. The number of hydrogen-bond acceptors (Lipinski definition) is 13. The van der Waals surface area contributed by atoms with E-state index in [0.29, 0.717) is 22.4 Å². The van der Waals surface area contributed by atoms with Gasteiger partial charge in [0.05, 0.1) is 17.7 Å². The molecule has 2 aliphatic heterocycles. The minimum atomic E-state index is -1.50. The van der Waals surface area contributed by atoms with Crippen molar-refractivity contribution in [2.45, 2.75) is 75.0 Å². The lowest BCUT2D eigenvalue weighted by molar-refractivity contribution is -0.155. The summed E-state index contributed by atoms with van der Waals surface area (Å²) in [5.74, 6) is -0.459. The fourth-order valence-electron chi connectivity index (χ4n) is 5.52. The summed E-state index contributed by atoms with van der Waals surface area (Å²) in [5.41, 5.74) is 1.66. The van der Waals surface area contributed by atoms with Gasteiger partial charge in [-0.05, 0) is 73.5 Å². The minimum absolute atomic E-state index is 0.0438. The number of phenolic OH excluding ortho intramolecular Hbond substituents is 1. The molecule has 1 amide bonds. The van der Waals surface area contributed by atoms with Gasteiger partial charge in [0.1, 0.15) is 68.0 Å². The molecule has 3 aliphatic rings. The highest BCUT2D eigenvalue weighted by molar-refractivity contribution is 5.97. The Morgan fingerprint density at radius 2 is 1.67 bits per heavy atom. The average molecular weight is 641 g/mol. The Hall–Kier alpha value is -4.04. The van der Waals surface area contributed by atoms with Gasteiger partial charge in [-0.1, -0.05) is 6.07 Å². The number of amides is 1. The van der Waals surface area contributed by atoms with Crippen LogP contribution < -0.4 is 14.8 Å². The number of fused-ring (bicyclic) bond motifs is 1. The summed E-state index contributed by atoms with van der Waals surface area (Å²) >= 11 is 0. The SMILES string of the molecule is C/C(=C\c1ccc(O[C@@H]2O[C@H](/C(C)=C/COc3ccc(C#N)cc3)[C@@H](O)[C@@H]2O)c(O)c1)C(=O)N[C@@H]1[C@H](O)[C@@H](O)[C@H]2OCO[C@H]2[C@@H]1O. The van der Waals surface area contributed by atoms with Crippen LogP contribution in [0.25, 0.3) is 6.08 Å². The summed E-state index contributed by atoms with van der Waals surface area (Å²) in [5, 5.41) is 74.6. The number of benzene rings is 2. The van der Waals surface area contributed by atoms with E-state index in [1.807, 2.05) is 6.07 Å². The van der Waals surface area contributed by atoms with E-state index in [2.05, 4.69) is 5.32 Å². The molecule has 2 saturated heterocycles. The van der Waals surface area contributed by atoms with Gasteiger partial charge in [0.2, 0.25) is 12.2 Å². The molecule has 2 aromatic rings. The summed E-state index contributed by atoms with van der Waals surface area (Å²) in [6.07, 6.45) is -7.85. The van der Waals surface area contributed by atoms with E-state index in [1.54, 1.807) is 37.3 Å². The molecule has 246 valence electrons. The van der Waals surface area contributed by atoms with Gasteiger partial charge in [0.25, 0.3) is 0 Å². The first-order chi connectivity index (χ1) is 22.0. The van der Waals surface area contributed by atoms with Gasteiger partial charge in [-0.2, -0.15) is 5.26 Å². The predicted molar refractivity (Wildman–Crippen MR) is 158 cm³/mol. The number of aliphatic hydroxyl groups is 5. The van der Waals surface area contributed by atoms with Gasteiger partial charge in [-0.3, -0.25) is 4.79 Å². The van der Waals surface area contributed by atoms with E-state index in [1.165, 1.54) is 31.2 Å². The minimum Gasteiger partial charge on any atom is -0.504 e. The molecule has 2 heterocycles. The summed E-state index contributed by atoms with van der Waals surface area (Å²) in [4.78, 5) is 12.9. The van der Waals surface area contributed by atoms with Crippen molar-refractivity contribution in [3.63, 3.8) is 0 Å². The number of phenols is 1. The molecule has 7 N–H and O–H groups in total. The maximum Gasteiger partial charge on any atom is 0.247 e. The molecule has 46 heavy (non-hydrogen) atoms. The first-order valence-corrected chi connectivity index (χ1v) is 14.6. The number of aromatic hydroxyl groups is 1. The lowest BCUT2D eigenvalue weighted by atomic mass is 9.83. The average Bonchev–Trinajstić information content (AvgIpc) is 3.65. The Kier molecular flexibility index (Phi) is 10.3. The van der Waals surface area contributed by atoms with Crippen molar-refractivity contribution in [3.8, 4) is 23.3 Å². The number of nitrogens with one attached hydrogen (secondary N) is 1. The summed E-state index contributed by atoms with van der Waals surface area (Å²) in [6, 6.07) is 11.6. The monoisotopic (exact) mass is 640 g/mol. The molecule has 1 saturated carbocycles. The highest BCUT2D eigenvalue weighted by Gasteiger charge is 2.53. The molecule has 0 bridgehead atoms. The zero-order valence-corrected chi connectivity index (χ0v) is 25.0. The van der Waals surface area contributed by atoms with Crippen molar-refractivity contribution >= 4 is 12.0 Å². The van der Waals surface area contributed by atoms with E-state index in [-0.39, 0.29) is 30.5 Å². The Bertz CT molecular complexity index is 1510. The van der Waals surface area contributed by atoms with Crippen LogP contribution in [0.15, 0.2) is 59.7 Å². The van der Waals surface area contributed by atoms with Crippen LogP contribution in [-0.4, -0.2) is 111 Å². The fraction of sp³-hybridized carbons (Fsp3) is 0.438. The number of rotatable bonds is 9. The highest BCUT2D eigenvalue weighted by Crippen LogP contribution is 2.34. The van der Waals surface area contributed by atoms with Crippen molar-refractivity contribution in [1.82, 2.24) is 5.32 Å². The van der Waals surface area contributed by atoms with Crippen molar-refractivity contribution in [1.29, 1.82) is 5.26 Å². The molecule has 10 atom stereocenters. The zero-order valence-electron chi connectivity index (χ0n) is 25.0. The van der Waals surface area contributed by atoms with Crippen LogP contribution in [0, 0.1) is 11.3 Å². The van der Waals surface area contributed by atoms with Gasteiger partial charge in [-0.15, -0.1) is 0 Å². The molecule has 3 fully saturated rings. The van der Waals surface area contributed by atoms with Gasteiger partial charge >= 0.3 is 0 Å². The lowest BCUT2D eigenvalue weighted by Crippen LogP contribution is -2.67. The molecule has 2 aromatic carbocycles. The zero-order chi connectivity index (χ0) is 33.1. The number of carbonyl (C=O) groups excluding carboxylic acids is 1. The third kappa shape index (κ3) is 7.02. The van der Waals surface area contributed by atoms with Gasteiger partial charge in [-0.25, -0.2) is 0 Å². The molecule has 14 heteroatoms. The third-order valence-corrected chi connectivity index (χ3v) is 8.18. The molecule has 5 rings (SSSR count). The standard InChI is InChI=1S/C32H36N2O12/c1-15(9-10-42-19-6-3-17(13-33)4-7-19)28-26(39)27(40)32(46-28)45-21-8-5-18(12-20(21)35)11-16(2)31(41)34-22-23(36)25(38)30-29(24(22)37)43-14-44-30/h3-9,11-12,22-30,32,35-40H,10,14H2,1-2H3,(H,34,41)/b15-9+,16-11+/t22-,23+,24-,25-,26+,27+,28-,29+,30-,32-/m1/s1. The number of nitrogens with zero attached hydrogens (tertiary/aromatic N) is 1. The predicted octanol–water partition coefficient (Wildman–Crippen LogP) is -0.159. The first kappa shape index (κ1) is 33.3. The van der Waals surface area contributed by atoms with E-state index in [9.17, 15) is 35.4 Å². The number of carbonyl (C=O) groups is 1. The molecule has 0 aromatic heterocycles. The highest BCUT2D eigenvalue weighted by atomic mass is 16.7. The maximum atomic E-state index is 12.9. The summed E-state index contributed by atoms with van der Waals surface area (Å²) in [7, 11) is 0. The van der Waals surface area contributed by atoms with Crippen LogP contribution in [0.3, 0.4) is 0 Å². The molecular weight excluding hydrogens is 604 g/mol. The molecule has 0 spiro atoms. The lowest BCUT2D eigenvalue weighted by Gasteiger charge is -2.41. The van der Waals surface area contributed by atoms with E-state index in [4.69, 9.17) is 28.9 Å². The Morgan fingerprint density at radius 3 is 2.35 bits per heavy atom. The molecule has 14 nitrogen and oxygen atoms in total. The van der Waals surface area contributed by atoms with Crippen molar-refractivity contribution in [2.24, 2.45) is 0 Å². The number of hydrogen-bond donors (Lipinski definition) is 7. The molecule has 0 radical (unpaired) electrons. The van der Waals surface area contributed by atoms with Gasteiger partial charge < -0.3 is 59.6 Å². The van der Waals surface area contributed by atoms with Crippen molar-refractivity contribution in [3.05, 3.63) is 70.8 Å². The van der Waals surface area contributed by atoms with Crippen LogP contribution in [-0.2, 0) is 19.0 Å². The van der Waals surface area contributed by atoms with Gasteiger partial charge in [0.15, 0.2) is 11.5 Å². The Labute approximate surface area is 264 Å². The first-order valence-electron chi connectivity index (χ1n) is 14.6. The molecular formula is C32H36N2O12. The van der Waals surface area contributed by atoms with E-state index >= 15 is 0 Å². The second-order valence-electron chi connectivity index (χ2n) is 11.3. The largest absolute Gasteiger partial charge is 0.504 e. The topological polar surface area (TPSA) is 220 Å². The third-order valence-electron chi connectivity index (χ3n) is 8.18. The fourth-order valence-corrected chi connectivity index (χ4v) is 5.52. The van der Waals surface area contributed by atoms with Crippen LogP contribution in [0.1, 0.15) is 25.0 Å². The second-order valence-corrected chi connectivity index (χ2v) is 11.3. The quantitative estimate of drug-likeness (QED) is 0.140. The van der Waals surface area contributed by atoms with E-state index < -0.39 is 67.1 Å². The summed E-state index contributed by atoms with van der Waals surface area (Å²) in [6.45, 7) is 3.18. The smallest absolute Gasteiger partial charge is 0.247 e. The normalized spacial score (nSPS) is 32.8. The van der Waals surface area contributed by atoms with Crippen LogP contribution in [0.5, 0.6) is 17.2 Å². The van der Waals surface area contributed by atoms with Crippen molar-refractivity contribution < 1.29 is 59.1 Å².